The van der Waals surface area contributed by atoms with Gasteiger partial charge < -0.3 is 0 Å². The topological polar surface area (TPSA) is 34.9 Å². The van der Waals surface area contributed by atoms with Gasteiger partial charge in [-0.3, -0.25) is 9.48 Å². The van der Waals surface area contributed by atoms with Crippen LogP contribution in [0, 0.1) is 0 Å². The van der Waals surface area contributed by atoms with Crippen LogP contribution in [0.25, 0.3) is 10.8 Å². The van der Waals surface area contributed by atoms with Gasteiger partial charge in [-0.05, 0) is 22.4 Å². The van der Waals surface area contributed by atoms with E-state index in [1.54, 1.807) is 24.0 Å². The number of aromatic nitrogens is 2. The fraction of sp³-hybridized carbons (Fsp3) is 0.125. The minimum Gasteiger partial charge on any atom is -0.292 e. The molecule has 0 spiro atoms. The summed E-state index contributed by atoms with van der Waals surface area (Å²) < 4.78 is 1.62. The molecule has 0 N–H and O–H groups in total. The van der Waals surface area contributed by atoms with Crippen molar-refractivity contribution in [1.82, 2.24) is 9.78 Å². The van der Waals surface area contributed by atoms with Crippen molar-refractivity contribution in [2.24, 2.45) is 7.05 Å². The van der Waals surface area contributed by atoms with Crippen molar-refractivity contribution in [2.45, 2.75) is 6.42 Å². The first-order valence-electron chi connectivity index (χ1n) is 6.23. The SMILES string of the molecule is Cn1nccc1C(=O)Cc1cccc2ccccc12. The highest BCUT2D eigenvalue weighted by Gasteiger charge is 2.12. The third-order valence-electron chi connectivity index (χ3n) is 3.34. The summed E-state index contributed by atoms with van der Waals surface area (Å²) in [6, 6.07) is 16.0. The second-order valence-electron chi connectivity index (χ2n) is 4.58. The number of aryl methyl sites for hydroxylation is 1. The molecule has 0 aliphatic carbocycles. The molecule has 0 saturated carbocycles. The van der Waals surface area contributed by atoms with E-state index >= 15 is 0 Å². The maximum absolute atomic E-state index is 12.3. The van der Waals surface area contributed by atoms with E-state index in [0.29, 0.717) is 12.1 Å². The summed E-state index contributed by atoms with van der Waals surface area (Å²) in [6.45, 7) is 0. The smallest absolute Gasteiger partial charge is 0.185 e. The lowest BCUT2D eigenvalue weighted by Gasteiger charge is -2.06. The largest absolute Gasteiger partial charge is 0.292 e. The Morgan fingerprint density at radius 3 is 2.68 bits per heavy atom. The van der Waals surface area contributed by atoms with E-state index in [9.17, 15) is 4.79 Å². The van der Waals surface area contributed by atoms with Crippen molar-refractivity contribution < 1.29 is 4.79 Å². The van der Waals surface area contributed by atoms with Crippen LogP contribution in [0.15, 0.2) is 54.7 Å². The highest BCUT2D eigenvalue weighted by atomic mass is 16.1. The molecule has 1 heterocycles. The predicted molar refractivity (Wildman–Crippen MR) is 75.2 cm³/mol. The van der Waals surface area contributed by atoms with Gasteiger partial charge in [0.25, 0.3) is 0 Å². The number of ketones is 1. The molecule has 0 amide bonds. The molecule has 3 nitrogen and oxygen atoms in total. The van der Waals surface area contributed by atoms with Crippen LogP contribution in [0.4, 0.5) is 0 Å². The van der Waals surface area contributed by atoms with Crippen molar-refractivity contribution in [1.29, 1.82) is 0 Å². The number of benzene rings is 2. The van der Waals surface area contributed by atoms with E-state index < -0.39 is 0 Å². The van der Waals surface area contributed by atoms with Crippen LogP contribution >= 0.6 is 0 Å². The van der Waals surface area contributed by atoms with E-state index in [4.69, 9.17) is 0 Å². The maximum Gasteiger partial charge on any atom is 0.185 e. The lowest BCUT2D eigenvalue weighted by molar-refractivity contribution is 0.0984. The van der Waals surface area contributed by atoms with Crippen LogP contribution in [-0.2, 0) is 13.5 Å². The lowest BCUT2D eigenvalue weighted by atomic mass is 9.99. The molecule has 0 fully saturated rings. The molecule has 0 aliphatic rings. The first kappa shape index (κ1) is 11.7. The molecule has 3 aromatic rings. The summed E-state index contributed by atoms with van der Waals surface area (Å²) in [6.07, 6.45) is 2.05. The van der Waals surface area contributed by atoms with Crippen molar-refractivity contribution in [3.63, 3.8) is 0 Å². The Bertz CT molecular complexity index is 738. The predicted octanol–water partition coefficient (Wildman–Crippen LogP) is 3.00. The normalized spacial score (nSPS) is 10.8. The summed E-state index contributed by atoms with van der Waals surface area (Å²) in [7, 11) is 1.79. The van der Waals surface area contributed by atoms with Gasteiger partial charge in [0.1, 0.15) is 5.69 Å². The fourth-order valence-corrected chi connectivity index (χ4v) is 2.36. The molecule has 19 heavy (non-hydrogen) atoms. The van der Waals surface area contributed by atoms with Crippen LogP contribution in [0.5, 0.6) is 0 Å². The van der Waals surface area contributed by atoms with Crippen LogP contribution < -0.4 is 0 Å². The number of Topliss-reactive ketones (excluding diaryl/α,β-unsaturated/α-hetero) is 1. The zero-order valence-corrected chi connectivity index (χ0v) is 10.7. The van der Waals surface area contributed by atoms with Gasteiger partial charge in [-0.25, -0.2) is 0 Å². The Labute approximate surface area is 111 Å². The first-order valence-corrected chi connectivity index (χ1v) is 6.23. The number of hydrogen-bond donors (Lipinski definition) is 0. The Kier molecular flexibility index (Phi) is 2.88. The van der Waals surface area contributed by atoms with Gasteiger partial charge in [0.2, 0.25) is 0 Å². The Morgan fingerprint density at radius 1 is 1.11 bits per heavy atom. The van der Waals surface area contributed by atoms with E-state index in [2.05, 4.69) is 23.3 Å². The molecule has 2 aromatic carbocycles. The van der Waals surface area contributed by atoms with Crippen LogP contribution in [-0.4, -0.2) is 15.6 Å². The summed E-state index contributed by atoms with van der Waals surface area (Å²) in [5, 5.41) is 6.34. The van der Waals surface area contributed by atoms with Gasteiger partial charge in [-0.1, -0.05) is 42.5 Å². The molecule has 0 bridgehead atoms. The molecule has 1 aromatic heterocycles. The van der Waals surface area contributed by atoms with Gasteiger partial charge in [-0.2, -0.15) is 5.10 Å². The minimum absolute atomic E-state index is 0.0938. The summed E-state index contributed by atoms with van der Waals surface area (Å²) in [4.78, 5) is 12.3. The van der Waals surface area contributed by atoms with Gasteiger partial charge in [0.05, 0.1) is 0 Å². The zero-order valence-electron chi connectivity index (χ0n) is 10.7. The monoisotopic (exact) mass is 250 g/mol. The summed E-state index contributed by atoms with van der Waals surface area (Å²) in [5.74, 6) is 0.0938. The average molecular weight is 250 g/mol. The van der Waals surface area contributed by atoms with Gasteiger partial charge in [0, 0.05) is 19.7 Å². The maximum atomic E-state index is 12.3. The number of fused-ring (bicyclic) bond motifs is 1. The second kappa shape index (κ2) is 4.69. The Hall–Kier alpha value is -2.42. The van der Waals surface area contributed by atoms with Crippen LogP contribution in [0.1, 0.15) is 16.1 Å². The van der Waals surface area contributed by atoms with E-state index in [-0.39, 0.29) is 5.78 Å². The molecule has 0 unspecified atom stereocenters. The van der Waals surface area contributed by atoms with Crippen LogP contribution in [0.2, 0.25) is 0 Å². The van der Waals surface area contributed by atoms with Crippen LogP contribution in [0.3, 0.4) is 0 Å². The third-order valence-corrected chi connectivity index (χ3v) is 3.34. The second-order valence-corrected chi connectivity index (χ2v) is 4.58. The highest BCUT2D eigenvalue weighted by Crippen LogP contribution is 2.20. The minimum atomic E-state index is 0.0938. The number of hydrogen-bond acceptors (Lipinski definition) is 2. The molecular weight excluding hydrogens is 236 g/mol. The molecule has 3 rings (SSSR count). The van der Waals surface area contributed by atoms with E-state index in [0.717, 1.165) is 16.3 Å². The molecule has 3 heteroatoms. The molecule has 0 saturated heterocycles. The fourth-order valence-electron chi connectivity index (χ4n) is 2.36. The third kappa shape index (κ3) is 2.15. The average Bonchev–Trinajstić information content (AvgIpc) is 2.85. The highest BCUT2D eigenvalue weighted by molar-refractivity contribution is 5.98. The van der Waals surface area contributed by atoms with E-state index in [1.807, 2.05) is 24.3 Å². The summed E-state index contributed by atoms with van der Waals surface area (Å²) >= 11 is 0. The van der Waals surface area contributed by atoms with Crippen molar-refractivity contribution in [3.8, 4) is 0 Å². The number of carbonyl (C=O) groups excluding carboxylic acids is 1. The number of carbonyl (C=O) groups is 1. The standard InChI is InChI=1S/C16H14N2O/c1-18-15(9-10-17-18)16(19)11-13-7-4-6-12-5-2-3-8-14(12)13/h2-10H,11H2,1H3. The molecule has 0 atom stereocenters. The van der Waals surface area contributed by atoms with Crippen molar-refractivity contribution in [2.75, 3.05) is 0 Å². The van der Waals surface area contributed by atoms with Gasteiger partial charge in [-0.15, -0.1) is 0 Å². The zero-order chi connectivity index (χ0) is 13.2. The molecule has 0 aliphatic heterocycles. The molecule has 0 radical (unpaired) electrons. The lowest BCUT2D eigenvalue weighted by Crippen LogP contribution is -2.09. The first-order chi connectivity index (χ1) is 9.25. The van der Waals surface area contributed by atoms with Gasteiger partial charge in [0.15, 0.2) is 5.78 Å². The number of rotatable bonds is 3. The Morgan fingerprint density at radius 2 is 1.89 bits per heavy atom. The van der Waals surface area contributed by atoms with Crippen molar-refractivity contribution >= 4 is 16.6 Å². The van der Waals surface area contributed by atoms with E-state index in [1.165, 1.54) is 0 Å². The molecular formula is C16H14N2O. The van der Waals surface area contributed by atoms with Crippen molar-refractivity contribution in [3.05, 3.63) is 66.0 Å². The Balaban J connectivity index is 1.98. The summed E-state index contributed by atoms with van der Waals surface area (Å²) in [5.41, 5.74) is 1.71. The van der Waals surface area contributed by atoms with Gasteiger partial charge >= 0.3 is 0 Å². The number of nitrogens with zero attached hydrogens (tertiary/aromatic N) is 2. The quantitative estimate of drug-likeness (QED) is 0.670. The molecule has 94 valence electrons.